The maximum Gasteiger partial charge on any atom is 0.00702 e. The van der Waals surface area contributed by atoms with Crippen molar-refractivity contribution in [2.75, 3.05) is 6.54 Å². The van der Waals surface area contributed by atoms with Gasteiger partial charge in [0.2, 0.25) is 0 Å². The summed E-state index contributed by atoms with van der Waals surface area (Å²) in [6.45, 7) is 1.22. The van der Waals surface area contributed by atoms with Gasteiger partial charge in [-0.15, -0.1) is 12.4 Å². The quantitative estimate of drug-likeness (QED) is 0.833. The lowest BCUT2D eigenvalue weighted by atomic mass is 9.98. The molecule has 0 radical (unpaired) electrons. The van der Waals surface area contributed by atoms with E-state index >= 15 is 0 Å². The molecule has 1 aliphatic rings. The predicted octanol–water partition coefficient (Wildman–Crippen LogP) is 3.18. The molecule has 1 heterocycles. The van der Waals surface area contributed by atoms with Gasteiger partial charge in [-0.25, -0.2) is 0 Å². The van der Waals surface area contributed by atoms with E-state index in [1.54, 1.807) is 0 Å². The Labute approximate surface area is 98.7 Å². The molecule has 0 aromatic heterocycles. The number of aryl methyl sites for hydroxylation is 1. The van der Waals surface area contributed by atoms with Gasteiger partial charge in [0.05, 0.1) is 0 Å². The molecule has 15 heavy (non-hydrogen) atoms. The Hall–Kier alpha value is -0.530. The van der Waals surface area contributed by atoms with Gasteiger partial charge in [0, 0.05) is 6.04 Å². The molecule has 1 aromatic carbocycles. The third-order valence-corrected chi connectivity index (χ3v) is 3.04. The summed E-state index contributed by atoms with van der Waals surface area (Å²) >= 11 is 0. The number of piperidine rings is 1. The van der Waals surface area contributed by atoms with Crippen LogP contribution in [0.5, 0.6) is 0 Å². The number of hydrogen-bond acceptors (Lipinski definition) is 1. The van der Waals surface area contributed by atoms with Crippen molar-refractivity contribution in [2.24, 2.45) is 0 Å². The standard InChI is InChI=1S/C13H19N.ClH/c1-2-6-12(7-3-1)9-10-13-8-4-5-11-14-13;/h1-3,6-7,13-14H,4-5,8-11H2;1H/t13-;/m1./s1. The molecule has 0 bridgehead atoms. The fraction of sp³-hybridized carbons (Fsp3) is 0.538. The summed E-state index contributed by atoms with van der Waals surface area (Å²) in [5, 5.41) is 3.59. The fourth-order valence-corrected chi connectivity index (χ4v) is 2.16. The number of hydrogen-bond donors (Lipinski definition) is 1. The highest BCUT2D eigenvalue weighted by atomic mass is 35.5. The van der Waals surface area contributed by atoms with E-state index < -0.39 is 0 Å². The molecule has 1 saturated heterocycles. The molecular weight excluding hydrogens is 206 g/mol. The number of halogens is 1. The van der Waals surface area contributed by atoms with E-state index in [2.05, 4.69) is 35.6 Å². The maximum absolute atomic E-state index is 3.59. The number of rotatable bonds is 3. The Morgan fingerprint density at radius 1 is 1.13 bits per heavy atom. The molecule has 0 spiro atoms. The average molecular weight is 226 g/mol. The van der Waals surface area contributed by atoms with Crippen LogP contribution >= 0.6 is 12.4 Å². The third-order valence-electron chi connectivity index (χ3n) is 3.04. The van der Waals surface area contributed by atoms with Gasteiger partial charge in [0.25, 0.3) is 0 Å². The first-order valence-corrected chi connectivity index (χ1v) is 5.72. The van der Waals surface area contributed by atoms with Crippen LogP contribution in [0.1, 0.15) is 31.2 Å². The van der Waals surface area contributed by atoms with E-state index in [1.165, 1.54) is 44.2 Å². The van der Waals surface area contributed by atoms with Crippen molar-refractivity contribution >= 4 is 12.4 Å². The van der Waals surface area contributed by atoms with Gasteiger partial charge in [0.1, 0.15) is 0 Å². The van der Waals surface area contributed by atoms with Gasteiger partial charge in [-0.2, -0.15) is 0 Å². The molecule has 0 unspecified atom stereocenters. The molecule has 0 saturated carbocycles. The van der Waals surface area contributed by atoms with Gasteiger partial charge in [0.15, 0.2) is 0 Å². The molecule has 2 heteroatoms. The first kappa shape index (κ1) is 12.5. The maximum atomic E-state index is 3.59. The lowest BCUT2D eigenvalue weighted by Gasteiger charge is -2.23. The monoisotopic (exact) mass is 225 g/mol. The van der Waals surface area contributed by atoms with Crippen LogP contribution in [0.3, 0.4) is 0 Å². The van der Waals surface area contributed by atoms with Crippen LogP contribution in [-0.2, 0) is 6.42 Å². The minimum absolute atomic E-state index is 0. The first-order chi connectivity index (χ1) is 6.95. The van der Waals surface area contributed by atoms with Gasteiger partial charge < -0.3 is 5.32 Å². The van der Waals surface area contributed by atoms with Crippen molar-refractivity contribution in [3.05, 3.63) is 35.9 Å². The molecule has 84 valence electrons. The lowest BCUT2D eigenvalue weighted by molar-refractivity contribution is 0.383. The number of nitrogens with one attached hydrogen (secondary N) is 1. The van der Waals surface area contributed by atoms with E-state index in [-0.39, 0.29) is 12.4 Å². The van der Waals surface area contributed by atoms with Gasteiger partial charge in [-0.05, 0) is 37.8 Å². The molecule has 1 aliphatic heterocycles. The highest BCUT2D eigenvalue weighted by Crippen LogP contribution is 2.13. The molecule has 2 rings (SSSR count). The van der Waals surface area contributed by atoms with E-state index in [0.717, 1.165) is 6.04 Å². The average Bonchev–Trinajstić information content (AvgIpc) is 2.29. The van der Waals surface area contributed by atoms with Crippen LogP contribution in [0.15, 0.2) is 30.3 Å². The van der Waals surface area contributed by atoms with Crippen LogP contribution in [-0.4, -0.2) is 12.6 Å². The summed E-state index contributed by atoms with van der Waals surface area (Å²) in [6, 6.07) is 11.6. The summed E-state index contributed by atoms with van der Waals surface area (Å²) in [5.41, 5.74) is 1.47. The Morgan fingerprint density at radius 2 is 1.93 bits per heavy atom. The lowest BCUT2D eigenvalue weighted by Crippen LogP contribution is -2.34. The highest BCUT2D eigenvalue weighted by Gasteiger charge is 2.11. The van der Waals surface area contributed by atoms with Crippen LogP contribution < -0.4 is 5.32 Å². The van der Waals surface area contributed by atoms with Gasteiger partial charge in [-0.3, -0.25) is 0 Å². The molecule has 1 N–H and O–H groups in total. The minimum atomic E-state index is 0. The van der Waals surface area contributed by atoms with Crippen LogP contribution in [0, 0.1) is 0 Å². The van der Waals surface area contributed by atoms with Crippen LogP contribution in [0.4, 0.5) is 0 Å². The van der Waals surface area contributed by atoms with Crippen molar-refractivity contribution in [1.29, 1.82) is 0 Å². The minimum Gasteiger partial charge on any atom is -0.314 e. The van der Waals surface area contributed by atoms with Crippen LogP contribution in [0.2, 0.25) is 0 Å². The highest BCUT2D eigenvalue weighted by molar-refractivity contribution is 5.85. The van der Waals surface area contributed by atoms with Crippen molar-refractivity contribution in [3.63, 3.8) is 0 Å². The molecule has 1 atom stereocenters. The van der Waals surface area contributed by atoms with Crippen molar-refractivity contribution in [3.8, 4) is 0 Å². The molecule has 1 aromatic rings. The second-order valence-corrected chi connectivity index (χ2v) is 4.17. The van der Waals surface area contributed by atoms with E-state index in [9.17, 15) is 0 Å². The predicted molar refractivity (Wildman–Crippen MR) is 67.7 cm³/mol. The topological polar surface area (TPSA) is 12.0 Å². The zero-order valence-corrected chi connectivity index (χ0v) is 9.93. The first-order valence-electron chi connectivity index (χ1n) is 5.72. The Bertz CT molecular complexity index is 254. The molecular formula is C13H20ClN. The summed E-state index contributed by atoms with van der Waals surface area (Å²) in [7, 11) is 0. The summed E-state index contributed by atoms with van der Waals surface area (Å²) in [5.74, 6) is 0. The van der Waals surface area contributed by atoms with Crippen molar-refractivity contribution in [1.82, 2.24) is 5.32 Å². The number of benzene rings is 1. The summed E-state index contributed by atoms with van der Waals surface area (Å²) < 4.78 is 0. The smallest absolute Gasteiger partial charge is 0.00702 e. The zero-order valence-electron chi connectivity index (χ0n) is 9.11. The Kier molecular flexibility index (Phi) is 5.74. The van der Waals surface area contributed by atoms with Crippen molar-refractivity contribution < 1.29 is 0 Å². The Balaban J connectivity index is 0.00000112. The fourth-order valence-electron chi connectivity index (χ4n) is 2.16. The second kappa shape index (κ2) is 6.86. The second-order valence-electron chi connectivity index (χ2n) is 4.17. The molecule has 0 aliphatic carbocycles. The molecule has 1 fully saturated rings. The largest absolute Gasteiger partial charge is 0.314 e. The van der Waals surface area contributed by atoms with E-state index in [0.29, 0.717) is 0 Å². The zero-order chi connectivity index (χ0) is 9.64. The van der Waals surface area contributed by atoms with Gasteiger partial charge >= 0.3 is 0 Å². The summed E-state index contributed by atoms with van der Waals surface area (Å²) in [6.07, 6.45) is 6.66. The van der Waals surface area contributed by atoms with Gasteiger partial charge in [-0.1, -0.05) is 36.8 Å². The van der Waals surface area contributed by atoms with E-state index in [1.807, 2.05) is 0 Å². The van der Waals surface area contributed by atoms with Crippen LogP contribution in [0.25, 0.3) is 0 Å². The normalized spacial score (nSPS) is 20.7. The van der Waals surface area contributed by atoms with E-state index in [4.69, 9.17) is 0 Å². The molecule has 0 amide bonds. The summed E-state index contributed by atoms with van der Waals surface area (Å²) in [4.78, 5) is 0. The SMILES string of the molecule is Cl.c1ccc(CC[C@H]2CCCCN2)cc1. The third kappa shape index (κ3) is 4.23. The van der Waals surface area contributed by atoms with Crippen molar-refractivity contribution in [2.45, 2.75) is 38.1 Å². The Morgan fingerprint density at radius 3 is 2.60 bits per heavy atom. The molecule has 1 nitrogen and oxygen atoms in total.